The summed E-state index contributed by atoms with van der Waals surface area (Å²) in [5, 5.41) is 1.10. The highest BCUT2D eigenvalue weighted by Gasteiger charge is 2.22. The highest BCUT2D eigenvalue weighted by Crippen LogP contribution is 2.26. The van der Waals surface area contributed by atoms with E-state index in [9.17, 15) is 9.59 Å². The fourth-order valence-electron chi connectivity index (χ4n) is 4.46. The van der Waals surface area contributed by atoms with Gasteiger partial charge in [-0.05, 0) is 42.3 Å². The lowest BCUT2D eigenvalue weighted by Crippen LogP contribution is -2.23. The van der Waals surface area contributed by atoms with Crippen molar-refractivity contribution in [2.75, 3.05) is 0 Å². The van der Waals surface area contributed by atoms with Crippen molar-refractivity contribution in [1.82, 2.24) is 23.9 Å². The molecule has 4 heterocycles. The van der Waals surface area contributed by atoms with Gasteiger partial charge in [-0.3, -0.25) is 19.3 Å². The second-order valence-corrected chi connectivity index (χ2v) is 9.40. The summed E-state index contributed by atoms with van der Waals surface area (Å²) >= 11 is 1.46. The molecule has 0 saturated heterocycles. The molecule has 172 valence electrons. The highest BCUT2D eigenvalue weighted by atomic mass is 32.1. The number of para-hydroxylation sites is 1. The van der Waals surface area contributed by atoms with Crippen molar-refractivity contribution >= 4 is 32.5 Å². The first-order valence-electron chi connectivity index (χ1n) is 11.2. The molecule has 0 atom stereocenters. The van der Waals surface area contributed by atoms with Gasteiger partial charge in [0.1, 0.15) is 0 Å². The fraction of sp³-hybridized carbons (Fsp3) is 0.111. The molecule has 0 fully saturated rings. The maximum absolute atomic E-state index is 13.9. The maximum atomic E-state index is 13.9. The topological polar surface area (TPSA) is 74.7 Å². The third-order valence-electron chi connectivity index (χ3n) is 6.20. The number of nitrogens with zero attached hydrogens (tertiary/aromatic N) is 5. The Morgan fingerprint density at radius 3 is 2.34 bits per heavy atom. The summed E-state index contributed by atoms with van der Waals surface area (Å²) in [6.45, 7) is 2.64. The quantitative estimate of drug-likeness (QED) is 0.368. The van der Waals surface area contributed by atoms with Crippen LogP contribution in [0, 0.1) is 6.92 Å². The number of hydrogen-bond donors (Lipinski definition) is 0. The van der Waals surface area contributed by atoms with Gasteiger partial charge in [0.15, 0.2) is 0 Å². The van der Waals surface area contributed by atoms with Gasteiger partial charge in [0, 0.05) is 24.2 Å². The Hall–Kier alpha value is -4.30. The average molecular weight is 480 g/mol. The summed E-state index contributed by atoms with van der Waals surface area (Å²) in [6.07, 6.45) is 3.40. The van der Waals surface area contributed by atoms with Crippen molar-refractivity contribution in [3.05, 3.63) is 123 Å². The van der Waals surface area contributed by atoms with Crippen LogP contribution >= 0.6 is 11.3 Å². The van der Waals surface area contributed by atoms with E-state index in [-0.39, 0.29) is 11.1 Å². The van der Waals surface area contributed by atoms with Crippen LogP contribution in [0.2, 0.25) is 0 Å². The van der Waals surface area contributed by atoms with Crippen molar-refractivity contribution in [2.24, 2.45) is 0 Å². The lowest BCUT2D eigenvalue weighted by atomic mass is 10.2. The van der Waals surface area contributed by atoms with Crippen molar-refractivity contribution < 1.29 is 0 Å². The van der Waals surface area contributed by atoms with Gasteiger partial charge in [-0.1, -0.05) is 53.8 Å². The van der Waals surface area contributed by atoms with Crippen molar-refractivity contribution in [3.8, 4) is 5.13 Å². The van der Waals surface area contributed by atoms with Gasteiger partial charge in [-0.15, -0.1) is 0 Å². The van der Waals surface area contributed by atoms with Gasteiger partial charge < -0.3 is 4.57 Å². The first kappa shape index (κ1) is 21.2. The molecule has 0 aliphatic carbocycles. The highest BCUT2D eigenvalue weighted by molar-refractivity contribution is 7.20. The van der Waals surface area contributed by atoms with Gasteiger partial charge in [-0.2, -0.15) is 4.68 Å². The number of thiazole rings is 1. The second kappa shape index (κ2) is 8.48. The smallest absolute Gasteiger partial charge is 0.283 e. The molecule has 35 heavy (non-hydrogen) atoms. The Labute approximate surface area is 204 Å². The van der Waals surface area contributed by atoms with Crippen LogP contribution in [0.4, 0.5) is 0 Å². The van der Waals surface area contributed by atoms with Gasteiger partial charge in [0.25, 0.3) is 11.1 Å². The Balaban J connectivity index is 1.62. The first-order chi connectivity index (χ1) is 17.1. The van der Waals surface area contributed by atoms with E-state index < -0.39 is 0 Å². The molecule has 8 heteroatoms. The predicted molar refractivity (Wildman–Crippen MR) is 139 cm³/mol. The summed E-state index contributed by atoms with van der Waals surface area (Å²) in [6, 6.07) is 23.1. The summed E-state index contributed by atoms with van der Waals surface area (Å²) in [4.78, 5) is 36.0. The molecular formula is C27H21N5O2S. The molecule has 0 bridgehead atoms. The molecule has 0 aliphatic heterocycles. The normalized spacial score (nSPS) is 11.5. The zero-order valence-electron chi connectivity index (χ0n) is 19.0. The largest absolute Gasteiger partial charge is 0.308 e. The second-order valence-electron chi connectivity index (χ2n) is 8.39. The minimum Gasteiger partial charge on any atom is -0.308 e. The number of benzene rings is 2. The van der Waals surface area contributed by atoms with Crippen LogP contribution in [0.15, 0.2) is 94.8 Å². The van der Waals surface area contributed by atoms with Crippen LogP contribution in [0.3, 0.4) is 0 Å². The molecule has 0 radical (unpaired) electrons. The van der Waals surface area contributed by atoms with Crippen molar-refractivity contribution in [3.63, 3.8) is 0 Å². The maximum Gasteiger partial charge on any atom is 0.283 e. The molecule has 7 nitrogen and oxygen atoms in total. The Kier molecular flexibility index (Phi) is 5.15. The summed E-state index contributed by atoms with van der Waals surface area (Å²) in [5.74, 6) is 0. The fourth-order valence-corrected chi connectivity index (χ4v) is 5.44. The number of fused-ring (bicyclic) bond motifs is 2. The van der Waals surface area contributed by atoms with E-state index in [1.165, 1.54) is 11.3 Å². The van der Waals surface area contributed by atoms with Crippen LogP contribution in [0.1, 0.15) is 16.8 Å². The minimum atomic E-state index is -0.184. The molecule has 4 aromatic heterocycles. The molecule has 0 saturated carbocycles. The van der Waals surface area contributed by atoms with E-state index in [0.717, 1.165) is 21.3 Å². The predicted octanol–water partition coefficient (Wildman–Crippen LogP) is 4.36. The van der Waals surface area contributed by atoms with Crippen LogP contribution in [-0.2, 0) is 13.1 Å². The van der Waals surface area contributed by atoms with Crippen molar-refractivity contribution in [1.29, 1.82) is 0 Å². The minimum absolute atomic E-state index is 0.157. The number of hydrogen-bond acceptors (Lipinski definition) is 5. The Morgan fingerprint density at radius 1 is 0.857 bits per heavy atom. The molecule has 0 spiro atoms. The molecular weight excluding hydrogens is 458 g/mol. The number of aryl methyl sites for hydroxylation is 1. The average Bonchev–Trinajstić information content (AvgIpc) is 3.41. The molecule has 2 aromatic carbocycles. The molecule has 0 unspecified atom stereocenters. The molecule has 0 aliphatic rings. The van der Waals surface area contributed by atoms with Gasteiger partial charge >= 0.3 is 0 Å². The zero-order chi connectivity index (χ0) is 23.9. The van der Waals surface area contributed by atoms with E-state index in [2.05, 4.69) is 4.98 Å². The molecule has 6 aromatic rings. The summed E-state index contributed by atoms with van der Waals surface area (Å²) in [5.41, 5.74) is 3.70. The van der Waals surface area contributed by atoms with E-state index >= 15 is 0 Å². The van der Waals surface area contributed by atoms with Crippen LogP contribution in [0.25, 0.3) is 26.3 Å². The molecule has 0 N–H and O–H groups in total. The van der Waals surface area contributed by atoms with Crippen LogP contribution < -0.4 is 11.1 Å². The van der Waals surface area contributed by atoms with Gasteiger partial charge in [0.2, 0.25) is 5.13 Å². The number of pyridine rings is 2. The van der Waals surface area contributed by atoms with Crippen LogP contribution in [0.5, 0.6) is 0 Å². The molecule has 6 rings (SSSR count). The van der Waals surface area contributed by atoms with Crippen LogP contribution in [-0.4, -0.2) is 23.9 Å². The van der Waals surface area contributed by atoms with E-state index in [0.29, 0.717) is 34.8 Å². The zero-order valence-corrected chi connectivity index (χ0v) is 19.8. The number of aromatic nitrogens is 5. The third kappa shape index (κ3) is 3.68. The SMILES string of the molecule is Cc1c2c(=O)n(-c3nc4ccccc4s3)n(Cc3ccccc3)c2cc(=O)n1Cc1ccncc1. The Bertz CT molecular complexity index is 1760. The van der Waals surface area contributed by atoms with Gasteiger partial charge in [0.05, 0.1) is 34.2 Å². The van der Waals surface area contributed by atoms with E-state index in [1.54, 1.807) is 27.7 Å². The van der Waals surface area contributed by atoms with E-state index in [4.69, 9.17) is 4.98 Å². The lowest BCUT2D eigenvalue weighted by molar-refractivity contribution is 0.610. The van der Waals surface area contributed by atoms with Gasteiger partial charge in [-0.25, -0.2) is 4.98 Å². The summed E-state index contributed by atoms with van der Waals surface area (Å²) < 4.78 is 6.13. The van der Waals surface area contributed by atoms with Crippen molar-refractivity contribution in [2.45, 2.75) is 20.0 Å². The standard InChI is InChI=1S/C27H21N5O2S/c1-18-25-22(15-24(33)30(18)16-20-11-13-28-14-12-20)31(17-19-7-3-2-4-8-19)32(26(25)34)27-29-21-9-5-6-10-23(21)35-27/h2-15H,16-17H2,1H3. The first-order valence-corrected chi connectivity index (χ1v) is 12.1. The summed E-state index contributed by atoms with van der Waals surface area (Å²) in [7, 11) is 0. The third-order valence-corrected chi connectivity index (χ3v) is 7.22. The monoisotopic (exact) mass is 479 g/mol. The lowest BCUT2D eigenvalue weighted by Gasteiger charge is -2.12. The van der Waals surface area contributed by atoms with E-state index in [1.807, 2.05) is 78.3 Å². The number of rotatable bonds is 5. The molecule has 0 amide bonds. The Morgan fingerprint density at radius 2 is 1.57 bits per heavy atom.